The summed E-state index contributed by atoms with van der Waals surface area (Å²) in [6.07, 6.45) is 0.354. The van der Waals surface area contributed by atoms with Gasteiger partial charge in [0, 0.05) is 13.3 Å². The van der Waals surface area contributed by atoms with Crippen LogP contribution in [0.3, 0.4) is 0 Å². The monoisotopic (exact) mass is 158 g/mol. The number of rotatable bonds is 2. The van der Waals surface area contributed by atoms with Crippen LogP contribution in [0.15, 0.2) is 0 Å². The molecule has 4 nitrogen and oxygen atoms in total. The smallest absolute Gasteiger partial charge is 0.303 e. The van der Waals surface area contributed by atoms with E-state index in [9.17, 15) is 9.59 Å². The molecule has 0 radical (unpaired) electrons. The van der Waals surface area contributed by atoms with E-state index in [0.717, 1.165) is 0 Å². The summed E-state index contributed by atoms with van der Waals surface area (Å²) in [6, 6.07) is 0. The van der Waals surface area contributed by atoms with Gasteiger partial charge in [0.15, 0.2) is 6.29 Å². The van der Waals surface area contributed by atoms with Gasteiger partial charge < -0.3 is 14.3 Å². The molecule has 0 aromatic heterocycles. The third-order valence-electron chi connectivity index (χ3n) is 1.53. The van der Waals surface area contributed by atoms with E-state index in [1.54, 1.807) is 0 Å². The second kappa shape index (κ2) is 3.48. The molecule has 2 atom stereocenters. The Morgan fingerprint density at radius 2 is 2.45 bits per heavy atom. The minimum absolute atomic E-state index is 0.368. The zero-order valence-electron chi connectivity index (χ0n) is 6.28. The summed E-state index contributed by atoms with van der Waals surface area (Å²) in [7, 11) is 0. The Hall–Kier alpha value is -0.900. The molecule has 0 N–H and O–H groups in total. The minimum Gasteiger partial charge on any atom is -0.459 e. The molecular formula is C7H10O4. The van der Waals surface area contributed by atoms with Crippen LogP contribution in [0.5, 0.6) is 0 Å². The SMILES string of the molecule is CC(=O)OC1CCOC1C=O. The molecule has 0 saturated carbocycles. The van der Waals surface area contributed by atoms with E-state index in [-0.39, 0.29) is 12.1 Å². The number of hydrogen-bond donors (Lipinski definition) is 0. The van der Waals surface area contributed by atoms with Crippen LogP contribution in [0.2, 0.25) is 0 Å². The van der Waals surface area contributed by atoms with Crippen LogP contribution in [0.4, 0.5) is 0 Å². The summed E-state index contributed by atoms with van der Waals surface area (Å²) in [5.74, 6) is -0.368. The van der Waals surface area contributed by atoms with E-state index >= 15 is 0 Å². The van der Waals surface area contributed by atoms with Crippen LogP contribution in [-0.2, 0) is 19.1 Å². The fourth-order valence-corrected chi connectivity index (χ4v) is 1.06. The van der Waals surface area contributed by atoms with Gasteiger partial charge in [-0.25, -0.2) is 0 Å². The maximum absolute atomic E-state index is 10.5. The van der Waals surface area contributed by atoms with E-state index in [0.29, 0.717) is 19.3 Å². The zero-order valence-corrected chi connectivity index (χ0v) is 6.28. The quantitative estimate of drug-likeness (QED) is 0.416. The van der Waals surface area contributed by atoms with Gasteiger partial charge in [0.25, 0.3) is 0 Å². The van der Waals surface area contributed by atoms with E-state index in [1.807, 2.05) is 0 Å². The minimum atomic E-state index is -0.557. The lowest BCUT2D eigenvalue weighted by Gasteiger charge is -2.11. The van der Waals surface area contributed by atoms with E-state index in [1.165, 1.54) is 6.92 Å². The molecule has 4 heteroatoms. The van der Waals surface area contributed by atoms with E-state index in [2.05, 4.69) is 0 Å². The average Bonchev–Trinajstić information content (AvgIpc) is 2.34. The topological polar surface area (TPSA) is 52.6 Å². The molecule has 1 saturated heterocycles. The molecule has 0 aromatic rings. The Morgan fingerprint density at radius 1 is 1.73 bits per heavy atom. The summed E-state index contributed by atoms with van der Waals surface area (Å²) < 4.78 is 9.79. The van der Waals surface area contributed by atoms with Crippen molar-refractivity contribution in [2.45, 2.75) is 25.6 Å². The molecule has 1 fully saturated rings. The van der Waals surface area contributed by atoms with Crippen molar-refractivity contribution in [3.63, 3.8) is 0 Å². The average molecular weight is 158 g/mol. The summed E-state index contributed by atoms with van der Waals surface area (Å²) in [5, 5.41) is 0. The van der Waals surface area contributed by atoms with Crippen molar-refractivity contribution in [1.29, 1.82) is 0 Å². The van der Waals surface area contributed by atoms with Gasteiger partial charge in [-0.2, -0.15) is 0 Å². The Kier molecular flexibility index (Phi) is 2.59. The van der Waals surface area contributed by atoms with Gasteiger partial charge in [-0.15, -0.1) is 0 Å². The standard InChI is InChI=1S/C7H10O4/c1-5(9)11-6-2-3-10-7(6)4-8/h4,6-7H,2-3H2,1H3. The van der Waals surface area contributed by atoms with Crippen LogP contribution in [0.25, 0.3) is 0 Å². The second-order valence-corrected chi connectivity index (χ2v) is 2.41. The Morgan fingerprint density at radius 3 is 3.00 bits per heavy atom. The van der Waals surface area contributed by atoms with E-state index in [4.69, 9.17) is 9.47 Å². The predicted octanol–water partition coefficient (Wildman–Crippen LogP) is -0.0941. The van der Waals surface area contributed by atoms with Gasteiger partial charge >= 0.3 is 5.97 Å². The molecule has 0 amide bonds. The fraction of sp³-hybridized carbons (Fsp3) is 0.714. The highest BCUT2D eigenvalue weighted by molar-refractivity contribution is 5.67. The number of hydrogen-bond acceptors (Lipinski definition) is 4. The maximum atomic E-state index is 10.5. The van der Waals surface area contributed by atoms with Gasteiger partial charge in [0.05, 0.1) is 6.61 Å². The molecule has 11 heavy (non-hydrogen) atoms. The highest BCUT2D eigenvalue weighted by atomic mass is 16.6. The van der Waals surface area contributed by atoms with Crippen molar-refractivity contribution in [3.8, 4) is 0 Å². The highest BCUT2D eigenvalue weighted by Crippen LogP contribution is 2.15. The summed E-state index contributed by atoms with van der Waals surface area (Å²) in [6.45, 7) is 1.81. The van der Waals surface area contributed by atoms with Crippen LogP contribution in [-0.4, -0.2) is 31.1 Å². The molecule has 1 aliphatic heterocycles. The molecule has 0 bridgehead atoms. The predicted molar refractivity (Wildman–Crippen MR) is 36.0 cm³/mol. The van der Waals surface area contributed by atoms with Crippen LogP contribution < -0.4 is 0 Å². The van der Waals surface area contributed by atoms with Gasteiger partial charge in [-0.3, -0.25) is 4.79 Å². The molecule has 1 rings (SSSR count). The molecule has 62 valence electrons. The van der Waals surface area contributed by atoms with Crippen molar-refractivity contribution in [2.75, 3.05) is 6.61 Å². The van der Waals surface area contributed by atoms with Gasteiger partial charge in [-0.1, -0.05) is 0 Å². The van der Waals surface area contributed by atoms with Crippen molar-refractivity contribution in [3.05, 3.63) is 0 Å². The maximum Gasteiger partial charge on any atom is 0.303 e. The third-order valence-corrected chi connectivity index (χ3v) is 1.53. The second-order valence-electron chi connectivity index (χ2n) is 2.41. The molecule has 1 aliphatic rings. The first kappa shape index (κ1) is 8.20. The molecule has 1 heterocycles. The number of aldehydes is 1. The summed E-state index contributed by atoms with van der Waals surface area (Å²) in [4.78, 5) is 20.8. The lowest BCUT2D eigenvalue weighted by Crippen LogP contribution is -2.27. The Balaban J connectivity index is 2.43. The highest BCUT2D eigenvalue weighted by Gasteiger charge is 2.30. The number of esters is 1. The van der Waals surface area contributed by atoms with Crippen molar-refractivity contribution in [1.82, 2.24) is 0 Å². The molecule has 0 aromatic carbocycles. The van der Waals surface area contributed by atoms with Gasteiger partial charge in [0.1, 0.15) is 12.2 Å². The zero-order chi connectivity index (χ0) is 8.27. The third kappa shape index (κ3) is 2.01. The fourth-order valence-electron chi connectivity index (χ4n) is 1.06. The molecule has 0 spiro atoms. The van der Waals surface area contributed by atoms with E-state index < -0.39 is 6.10 Å². The van der Waals surface area contributed by atoms with Crippen molar-refractivity contribution < 1.29 is 19.1 Å². The van der Waals surface area contributed by atoms with Crippen LogP contribution in [0.1, 0.15) is 13.3 Å². The Labute approximate surface area is 64.5 Å². The largest absolute Gasteiger partial charge is 0.459 e. The molecular weight excluding hydrogens is 148 g/mol. The van der Waals surface area contributed by atoms with Gasteiger partial charge in [-0.05, 0) is 0 Å². The normalized spacial score (nSPS) is 29.9. The number of ether oxygens (including phenoxy) is 2. The molecule has 0 aliphatic carbocycles. The van der Waals surface area contributed by atoms with Crippen molar-refractivity contribution in [2.24, 2.45) is 0 Å². The lowest BCUT2D eigenvalue weighted by atomic mass is 10.2. The first-order chi connectivity index (χ1) is 5.24. The lowest BCUT2D eigenvalue weighted by molar-refractivity contribution is -0.149. The molecule has 2 unspecified atom stereocenters. The van der Waals surface area contributed by atoms with Gasteiger partial charge in [0.2, 0.25) is 0 Å². The van der Waals surface area contributed by atoms with Crippen LogP contribution in [0, 0.1) is 0 Å². The number of carbonyl (C=O) groups excluding carboxylic acids is 2. The first-order valence-corrected chi connectivity index (χ1v) is 3.48. The Bertz CT molecular complexity index is 166. The van der Waals surface area contributed by atoms with Crippen LogP contribution >= 0.6 is 0 Å². The first-order valence-electron chi connectivity index (χ1n) is 3.48. The van der Waals surface area contributed by atoms with Crippen molar-refractivity contribution >= 4 is 12.3 Å². The summed E-state index contributed by atoms with van der Waals surface area (Å²) in [5.41, 5.74) is 0. The summed E-state index contributed by atoms with van der Waals surface area (Å²) >= 11 is 0. The number of carbonyl (C=O) groups is 2.